The molecule has 1 N–H and O–H groups in total. The number of aromatic nitrogens is 1. The van der Waals surface area contributed by atoms with Crippen LogP contribution in [0.1, 0.15) is 41.8 Å². The normalized spacial score (nSPS) is 15.0. The summed E-state index contributed by atoms with van der Waals surface area (Å²) in [5.41, 5.74) is 7.65. The highest BCUT2D eigenvalue weighted by atomic mass is 14.9. The van der Waals surface area contributed by atoms with Gasteiger partial charge in [0.2, 0.25) is 0 Å². The predicted molar refractivity (Wildman–Crippen MR) is 111 cm³/mol. The highest BCUT2D eigenvalue weighted by Gasteiger charge is 2.29. The zero-order valence-electron chi connectivity index (χ0n) is 16.3. The lowest BCUT2D eigenvalue weighted by molar-refractivity contribution is 0.604. The van der Waals surface area contributed by atoms with Crippen molar-refractivity contribution in [3.05, 3.63) is 70.4 Å². The molecule has 0 spiro atoms. The van der Waals surface area contributed by atoms with E-state index in [0.29, 0.717) is 6.42 Å². The van der Waals surface area contributed by atoms with Gasteiger partial charge in [0.1, 0.15) is 0 Å². The van der Waals surface area contributed by atoms with Gasteiger partial charge in [-0.25, -0.2) is 0 Å². The molecule has 1 aliphatic heterocycles. The fraction of sp³-hybridized carbons (Fsp3) is 0.333. The maximum absolute atomic E-state index is 10.1. The van der Waals surface area contributed by atoms with Crippen molar-refractivity contribution >= 4 is 16.6 Å². The number of rotatable bonds is 4. The van der Waals surface area contributed by atoms with Crippen molar-refractivity contribution < 1.29 is 0 Å². The number of hydrogen-bond donors (Lipinski definition) is 1. The Hall–Kier alpha value is -2.86. The van der Waals surface area contributed by atoms with Gasteiger partial charge in [-0.1, -0.05) is 31.2 Å². The molecule has 0 amide bonds. The third kappa shape index (κ3) is 3.06. The summed E-state index contributed by atoms with van der Waals surface area (Å²) in [7, 11) is 0. The number of benzene rings is 2. The van der Waals surface area contributed by atoms with Crippen molar-refractivity contribution in [1.82, 2.24) is 4.98 Å². The van der Waals surface area contributed by atoms with Crippen molar-refractivity contribution in [2.24, 2.45) is 0 Å². The molecule has 3 aromatic rings. The second kappa shape index (κ2) is 6.70. The Morgan fingerprint density at radius 1 is 1.19 bits per heavy atom. The van der Waals surface area contributed by atoms with E-state index in [1.165, 1.54) is 22.4 Å². The van der Waals surface area contributed by atoms with Crippen molar-refractivity contribution in [3.63, 3.8) is 0 Å². The monoisotopic (exact) mass is 355 g/mol. The highest BCUT2D eigenvalue weighted by molar-refractivity contribution is 5.80. The Bertz CT molecular complexity index is 1060. The lowest BCUT2D eigenvalue weighted by atomic mass is 9.77. The van der Waals surface area contributed by atoms with Crippen LogP contribution in [0.4, 0.5) is 5.69 Å². The Kier molecular flexibility index (Phi) is 4.36. The summed E-state index contributed by atoms with van der Waals surface area (Å²) >= 11 is 0. The minimum Gasteiger partial charge on any atom is -0.384 e. The predicted octanol–water partition coefficient (Wildman–Crippen LogP) is 5.10. The van der Waals surface area contributed by atoms with Crippen LogP contribution >= 0.6 is 0 Å². The van der Waals surface area contributed by atoms with E-state index in [2.05, 4.69) is 67.7 Å². The van der Waals surface area contributed by atoms with Gasteiger partial charge in [-0.15, -0.1) is 0 Å². The lowest BCUT2D eigenvalue weighted by Gasteiger charge is -2.24. The van der Waals surface area contributed by atoms with Gasteiger partial charge in [0.15, 0.2) is 0 Å². The SMILES string of the molecule is CCc1cc2ccc(C(C)(C#N)Cc3cccc4c3CCN4)cc2nc1C. The summed E-state index contributed by atoms with van der Waals surface area (Å²) < 4.78 is 0. The van der Waals surface area contributed by atoms with Gasteiger partial charge in [0.25, 0.3) is 0 Å². The van der Waals surface area contributed by atoms with Crippen LogP contribution < -0.4 is 5.32 Å². The Labute approximate surface area is 161 Å². The average Bonchev–Trinajstić information content (AvgIpc) is 3.16. The largest absolute Gasteiger partial charge is 0.384 e. The van der Waals surface area contributed by atoms with Gasteiger partial charge in [0, 0.05) is 23.3 Å². The minimum absolute atomic E-state index is 0.578. The van der Waals surface area contributed by atoms with Gasteiger partial charge >= 0.3 is 0 Å². The fourth-order valence-electron chi connectivity index (χ4n) is 4.18. The molecule has 3 heteroatoms. The molecule has 1 unspecified atom stereocenters. The van der Waals surface area contributed by atoms with E-state index in [4.69, 9.17) is 4.98 Å². The summed E-state index contributed by atoms with van der Waals surface area (Å²) in [6.45, 7) is 7.25. The first-order valence-electron chi connectivity index (χ1n) is 9.71. The van der Waals surface area contributed by atoms with Crippen LogP contribution in [0.3, 0.4) is 0 Å². The topological polar surface area (TPSA) is 48.7 Å². The molecule has 136 valence electrons. The second-order valence-electron chi connectivity index (χ2n) is 7.73. The fourth-order valence-corrected chi connectivity index (χ4v) is 4.18. The second-order valence-corrected chi connectivity index (χ2v) is 7.73. The molecule has 3 nitrogen and oxygen atoms in total. The van der Waals surface area contributed by atoms with Gasteiger partial charge in [-0.05, 0) is 73.6 Å². The molecule has 1 aliphatic rings. The van der Waals surface area contributed by atoms with Crippen LogP contribution in [0.15, 0.2) is 42.5 Å². The van der Waals surface area contributed by atoms with Crippen LogP contribution in [-0.4, -0.2) is 11.5 Å². The van der Waals surface area contributed by atoms with Crippen molar-refractivity contribution in [1.29, 1.82) is 5.26 Å². The molecular formula is C24H25N3. The zero-order valence-corrected chi connectivity index (χ0v) is 16.3. The van der Waals surface area contributed by atoms with Crippen LogP contribution in [0.5, 0.6) is 0 Å². The average molecular weight is 355 g/mol. The van der Waals surface area contributed by atoms with Gasteiger partial charge in [-0.3, -0.25) is 4.98 Å². The third-order valence-electron chi connectivity index (χ3n) is 5.89. The lowest BCUT2D eigenvalue weighted by Crippen LogP contribution is -2.23. The first kappa shape index (κ1) is 17.5. The van der Waals surface area contributed by atoms with E-state index in [-0.39, 0.29) is 0 Å². The van der Waals surface area contributed by atoms with E-state index in [0.717, 1.165) is 41.5 Å². The van der Waals surface area contributed by atoms with Gasteiger partial charge in [-0.2, -0.15) is 5.26 Å². The van der Waals surface area contributed by atoms with Crippen LogP contribution in [0.25, 0.3) is 10.9 Å². The standard InChI is InChI=1S/C24H25N3/c1-4-17-12-18-8-9-20(13-23(18)27-16(17)2)24(3,15-25)14-19-6-5-7-22-21(19)10-11-26-22/h5-9,12-13,26H,4,10-11,14H2,1-3H3. The number of pyridine rings is 1. The third-order valence-corrected chi connectivity index (χ3v) is 5.89. The van der Waals surface area contributed by atoms with E-state index >= 15 is 0 Å². The molecule has 1 aromatic heterocycles. The Morgan fingerprint density at radius 3 is 2.81 bits per heavy atom. The van der Waals surface area contributed by atoms with Crippen molar-refractivity contribution in [2.45, 2.75) is 45.4 Å². The van der Waals surface area contributed by atoms with Crippen LogP contribution in [0, 0.1) is 18.3 Å². The number of anilines is 1. The number of fused-ring (bicyclic) bond motifs is 2. The van der Waals surface area contributed by atoms with Crippen LogP contribution in [-0.2, 0) is 24.7 Å². The first-order chi connectivity index (χ1) is 13.0. The molecule has 0 saturated carbocycles. The number of nitriles is 1. The molecule has 1 atom stereocenters. The Morgan fingerprint density at radius 2 is 2.04 bits per heavy atom. The molecule has 0 aliphatic carbocycles. The smallest absolute Gasteiger partial charge is 0.0835 e. The molecule has 2 heterocycles. The summed E-state index contributed by atoms with van der Waals surface area (Å²) in [5, 5.41) is 14.6. The molecule has 27 heavy (non-hydrogen) atoms. The number of nitrogens with one attached hydrogen (secondary N) is 1. The summed E-state index contributed by atoms with van der Waals surface area (Å²) in [6, 6.07) is 17.5. The summed E-state index contributed by atoms with van der Waals surface area (Å²) in [4.78, 5) is 4.80. The van der Waals surface area contributed by atoms with E-state index in [1.807, 2.05) is 6.92 Å². The van der Waals surface area contributed by atoms with E-state index < -0.39 is 5.41 Å². The van der Waals surface area contributed by atoms with E-state index in [1.54, 1.807) is 0 Å². The molecule has 0 saturated heterocycles. The molecule has 2 aromatic carbocycles. The zero-order chi connectivity index (χ0) is 19.0. The minimum atomic E-state index is -0.578. The maximum Gasteiger partial charge on any atom is 0.0835 e. The first-order valence-corrected chi connectivity index (χ1v) is 9.71. The van der Waals surface area contributed by atoms with Crippen molar-refractivity contribution in [3.8, 4) is 6.07 Å². The maximum atomic E-state index is 10.1. The van der Waals surface area contributed by atoms with Crippen molar-refractivity contribution in [2.75, 3.05) is 11.9 Å². The number of hydrogen-bond acceptors (Lipinski definition) is 3. The quantitative estimate of drug-likeness (QED) is 0.708. The molecule has 4 rings (SSSR count). The van der Waals surface area contributed by atoms with Crippen LogP contribution in [0.2, 0.25) is 0 Å². The molecular weight excluding hydrogens is 330 g/mol. The Balaban J connectivity index is 1.75. The summed E-state index contributed by atoms with van der Waals surface area (Å²) in [6.07, 6.45) is 2.73. The summed E-state index contributed by atoms with van der Waals surface area (Å²) in [5.74, 6) is 0. The van der Waals surface area contributed by atoms with Gasteiger partial charge < -0.3 is 5.32 Å². The van der Waals surface area contributed by atoms with E-state index in [9.17, 15) is 5.26 Å². The highest BCUT2D eigenvalue weighted by Crippen LogP contribution is 2.34. The molecule has 0 radical (unpaired) electrons. The number of nitrogens with zero attached hydrogens (tertiary/aromatic N) is 2. The number of aryl methyl sites for hydroxylation is 2. The molecule has 0 bridgehead atoms. The van der Waals surface area contributed by atoms with Gasteiger partial charge in [0.05, 0.1) is 17.0 Å². The molecule has 0 fully saturated rings.